The summed E-state index contributed by atoms with van der Waals surface area (Å²) >= 11 is 0. The van der Waals surface area contributed by atoms with Gasteiger partial charge in [0.15, 0.2) is 0 Å². The van der Waals surface area contributed by atoms with Crippen LogP contribution in [-0.2, 0) is 0 Å². The zero-order valence-electron chi connectivity index (χ0n) is 12.9. The van der Waals surface area contributed by atoms with Crippen molar-refractivity contribution in [3.05, 3.63) is 29.8 Å². The van der Waals surface area contributed by atoms with Crippen molar-refractivity contribution in [1.82, 2.24) is 4.90 Å². The normalized spacial score (nSPS) is 10.9. The van der Waals surface area contributed by atoms with Crippen molar-refractivity contribution in [3.8, 4) is 5.75 Å². The van der Waals surface area contributed by atoms with Crippen LogP contribution in [0, 0.1) is 0 Å². The smallest absolute Gasteiger partial charge is 0.254 e. The molecule has 0 aromatic heterocycles. The third kappa shape index (κ3) is 4.85. The van der Waals surface area contributed by atoms with Crippen LogP contribution in [0.15, 0.2) is 24.3 Å². The second kappa shape index (κ2) is 7.90. The summed E-state index contributed by atoms with van der Waals surface area (Å²) < 4.78 is 5.64. The Balaban J connectivity index is 2.88. The number of rotatable bonds is 7. The molecule has 1 aromatic carbocycles. The number of benzene rings is 1. The average molecular weight is 278 g/mol. The second-order valence-corrected chi connectivity index (χ2v) is 5.43. The highest BCUT2D eigenvalue weighted by atomic mass is 16.5. The van der Waals surface area contributed by atoms with Crippen LogP contribution in [0.4, 0.5) is 0 Å². The molecule has 0 bridgehead atoms. The van der Waals surface area contributed by atoms with E-state index in [1.165, 1.54) is 0 Å². The highest BCUT2D eigenvalue weighted by Gasteiger charge is 2.18. The van der Waals surface area contributed by atoms with E-state index in [2.05, 4.69) is 0 Å². The molecule has 0 aliphatic rings. The molecule has 20 heavy (non-hydrogen) atoms. The summed E-state index contributed by atoms with van der Waals surface area (Å²) in [5, 5.41) is 0. The van der Waals surface area contributed by atoms with Crippen LogP contribution < -0.4 is 10.5 Å². The van der Waals surface area contributed by atoms with E-state index in [9.17, 15) is 4.79 Å². The standard InChI is InChI=1S/C16H26N2O2/c1-12(2)18(10-6-9-17)16(19)14-7-5-8-15(11-14)20-13(3)4/h5,7-8,11-13H,6,9-10,17H2,1-4H3. The molecule has 112 valence electrons. The molecule has 0 heterocycles. The summed E-state index contributed by atoms with van der Waals surface area (Å²) in [6, 6.07) is 7.51. The first-order valence-corrected chi connectivity index (χ1v) is 7.23. The number of ether oxygens (including phenoxy) is 1. The van der Waals surface area contributed by atoms with Gasteiger partial charge in [0, 0.05) is 18.2 Å². The molecule has 1 rings (SSSR count). The van der Waals surface area contributed by atoms with Crippen molar-refractivity contribution < 1.29 is 9.53 Å². The predicted octanol–water partition coefficient (Wildman–Crippen LogP) is 2.67. The Morgan fingerprint density at radius 3 is 2.55 bits per heavy atom. The molecule has 0 spiro atoms. The fourth-order valence-corrected chi connectivity index (χ4v) is 2.00. The van der Waals surface area contributed by atoms with Crippen LogP contribution in [0.2, 0.25) is 0 Å². The maximum Gasteiger partial charge on any atom is 0.254 e. The molecular formula is C16H26N2O2. The van der Waals surface area contributed by atoms with Crippen LogP contribution in [-0.4, -0.2) is 36.0 Å². The van der Waals surface area contributed by atoms with Gasteiger partial charge in [0.25, 0.3) is 5.91 Å². The first-order chi connectivity index (χ1) is 9.45. The molecule has 4 nitrogen and oxygen atoms in total. The number of nitrogens with zero attached hydrogens (tertiary/aromatic N) is 1. The molecule has 0 atom stereocenters. The van der Waals surface area contributed by atoms with Gasteiger partial charge in [-0.2, -0.15) is 0 Å². The maximum atomic E-state index is 12.6. The summed E-state index contributed by atoms with van der Waals surface area (Å²) in [5.41, 5.74) is 6.20. The molecule has 2 N–H and O–H groups in total. The number of nitrogens with two attached hydrogens (primary N) is 1. The van der Waals surface area contributed by atoms with E-state index in [0.29, 0.717) is 18.7 Å². The van der Waals surface area contributed by atoms with Crippen LogP contribution in [0.3, 0.4) is 0 Å². The fourth-order valence-electron chi connectivity index (χ4n) is 2.00. The zero-order chi connectivity index (χ0) is 15.1. The first-order valence-electron chi connectivity index (χ1n) is 7.23. The van der Waals surface area contributed by atoms with Crippen molar-refractivity contribution in [1.29, 1.82) is 0 Å². The Labute approximate surface area is 121 Å². The van der Waals surface area contributed by atoms with E-state index in [1.807, 2.05) is 50.8 Å². The highest BCUT2D eigenvalue weighted by Crippen LogP contribution is 2.17. The minimum absolute atomic E-state index is 0.0302. The number of carbonyl (C=O) groups is 1. The highest BCUT2D eigenvalue weighted by molar-refractivity contribution is 5.94. The molecule has 1 aromatic rings. The monoisotopic (exact) mass is 278 g/mol. The Kier molecular flexibility index (Phi) is 6.52. The molecule has 0 unspecified atom stereocenters. The lowest BCUT2D eigenvalue weighted by atomic mass is 10.1. The Morgan fingerprint density at radius 2 is 2.00 bits per heavy atom. The van der Waals surface area contributed by atoms with Gasteiger partial charge in [-0.3, -0.25) is 4.79 Å². The molecule has 4 heteroatoms. The Bertz CT molecular complexity index is 430. The van der Waals surface area contributed by atoms with Crippen LogP contribution in [0.5, 0.6) is 5.75 Å². The Hall–Kier alpha value is -1.55. The summed E-state index contributed by atoms with van der Waals surface area (Å²) in [7, 11) is 0. The van der Waals surface area contributed by atoms with E-state index in [1.54, 1.807) is 6.07 Å². The van der Waals surface area contributed by atoms with Crippen molar-refractivity contribution in [3.63, 3.8) is 0 Å². The maximum absolute atomic E-state index is 12.6. The lowest BCUT2D eigenvalue weighted by Crippen LogP contribution is -2.38. The SMILES string of the molecule is CC(C)Oc1cccc(C(=O)N(CCCN)C(C)C)c1. The van der Waals surface area contributed by atoms with E-state index >= 15 is 0 Å². The summed E-state index contributed by atoms with van der Waals surface area (Å²) in [6.07, 6.45) is 0.908. The van der Waals surface area contributed by atoms with Crippen molar-refractivity contribution in [2.24, 2.45) is 5.73 Å². The molecular weight excluding hydrogens is 252 g/mol. The minimum Gasteiger partial charge on any atom is -0.491 e. The lowest BCUT2D eigenvalue weighted by Gasteiger charge is -2.27. The van der Waals surface area contributed by atoms with Gasteiger partial charge in [-0.15, -0.1) is 0 Å². The molecule has 0 aliphatic carbocycles. The topological polar surface area (TPSA) is 55.6 Å². The summed E-state index contributed by atoms with van der Waals surface area (Å²) in [6.45, 7) is 9.24. The van der Waals surface area contributed by atoms with E-state index in [0.717, 1.165) is 12.2 Å². The summed E-state index contributed by atoms with van der Waals surface area (Å²) in [4.78, 5) is 14.4. The largest absolute Gasteiger partial charge is 0.491 e. The fraction of sp³-hybridized carbons (Fsp3) is 0.562. The van der Waals surface area contributed by atoms with Crippen LogP contribution in [0.1, 0.15) is 44.5 Å². The van der Waals surface area contributed by atoms with Gasteiger partial charge in [0.05, 0.1) is 6.10 Å². The van der Waals surface area contributed by atoms with Gasteiger partial charge in [0.2, 0.25) is 0 Å². The zero-order valence-corrected chi connectivity index (χ0v) is 12.9. The lowest BCUT2D eigenvalue weighted by molar-refractivity contribution is 0.0704. The van der Waals surface area contributed by atoms with Gasteiger partial charge in [-0.1, -0.05) is 6.07 Å². The van der Waals surface area contributed by atoms with Crippen molar-refractivity contribution in [2.75, 3.05) is 13.1 Å². The van der Waals surface area contributed by atoms with Gasteiger partial charge in [0.1, 0.15) is 5.75 Å². The average Bonchev–Trinajstić information content (AvgIpc) is 2.38. The second-order valence-electron chi connectivity index (χ2n) is 5.43. The molecule has 0 aliphatic heterocycles. The van der Waals surface area contributed by atoms with Gasteiger partial charge in [-0.25, -0.2) is 0 Å². The third-order valence-corrected chi connectivity index (χ3v) is 2.94. The van der Waals surface area contributed by atoms with E-state index in [-0.39, 0.29) is 18.1 Å². The van der Waals surface area contributed by atoms with Gasteiger partial charge < -0.3 is 15.4 Å². The summed E-state index contributed by atoms with van der Waals surface area (Å²) in [5.74, 6) is 0.760. The van der Waals surface area contributed by atoms with Crippen molar-refractivity contribution >= 4 is 5.91 Å². The van der Waals surface area contributed by atoms with Crippen LogP contribution in [0.25, 0.3) is 0 Å². The molecule has 0 fully saturated rings. The number of hydrogen-bond acceptors (Lipinski definition) is 3. The number of hydrogen-bond donors (Lipinski definition) is 1. The number of amides is 1. The minimum atomic E-state index is 0.0302. The van der Waals surface area contributed by atoms with E-state index in [4.69, 9.17) is 10.5 Å². The first kappa shape index (κ1) is 16.5. The van der Waals surface area contributed by atoms with E-state index < -0.39 is 0 Å². The molecule has 0 saturated heterocycles. The van der Waals surface area contributed by atoms with Crippen LogP contribution >= 0.6 is 0 Å². The molecule has 0 radical (unpaired) electrons. The third-order valence-electron chi connectivity index (χ3n) is 2.94. The van der Waals surface area contributed by atoms with Crippen molar-refractivity contribution in [2.45, 2.75) is 46.3 Å². The molecule has 0 saturated carbocycles. The van der Waals surface area contributed by atoms with Gasteiger partial charge >= 0.3 is 0 Å². The number of carbonyl (C=O) groups excluding carboxylic acids is 1. The predicted molar refractivity (Wildman–Crippen MR) is 82.0 cm³/mol. The molecule has 1 amide bonds. The Morgan fingerprint density at radius 1 is 1.30 bits per heavy atom. The quantitative estimate of drug-likeness (QED) is 0.834. The van der Waals surface area contributed by atoms with Gasteiger partial charge in [-0.05, 0) is 58.9 Å².